The molecular formula is C22H17ClN2O3. The molecule has 0 saturated carbocycles. The molecule has 1 heterocycles. The quantitative estimate of drug-likeness (QED) is 0.498. The van der Waals surface area contributed by atoms with Crippen molar-refractivity contribution in [3.05, 3.63) is 88.8 Å². The maximum absolute atomic E-state index is 12.6. The summed E-state index contributed by atoms with van der Waals surface area (Å²) in [7, 11) is 1.51. The monoisotopic (exact) mass is 392 g/mol. The van der Waals surface area contributed by atoms with E-state index in [1.807, 2.05) is 30.3 Å². The van der Waals surface area contributed by atoms with E-state index in [0.29, 0.717) is 45.4 Å². The highest BCUT2D eigenvalue weighted by Crippen LogP contribution is 2.25. The van der Waals surface area contributed by atoms with E-state index < -0.39 is 0 Å². The summed E-state index contributed by atoms with van der Waals surface area (Å²) in [5.74, 6) is 0.766. The molecule has 3 aromatic carbocycles. The number of carbonyl (C=O) groups excluding carboxylic acids is 1. The first-order valence-electron chi connectivity index (χ1n) is 8.70. The highest BCUT2D eigenvalue weighted by molar-refractivity contribution is 6.31. The minimum absolute atomic E-state index is 0.313. The van der Waals surface area contributed by atoms with E-state index in [0.717, 1.165) is 5.56 Å². The van der Waals surface area contributed by atoms with Crippen molar-refractivity contribution >= 4 is 34.3 Å². The number of nitrogens with zero attached hydrogens (tertiary/aromatic N) is 1. The van der Waals surface area contributed by atoms with E-state index in [1.54, 1.807) is 36.4 Å². The van der Waals surface area contributed by atoms with Crippen molar-refractivity contribution in [3.8, 4) is 5.75 Å². The average Bonchev–Trinajstić information content (AvgIpc) is 3.10. The van der Waals surface area contributed by atoms with Gasteiger partial charge in [-0.25, -0.2) is 4.98 Å². The number of hydrogen-bond donors (Lipinski definition) is 1. The molecule has 0 aliphatic rings. The molecule has 5 nitrogen and oxygen atoms in total. The summed E-state index contributed by atoms with van der Waals surface area (Å²) < 4.78 is 11.1. The van der Waals surface area contributed by atoms with Crippen molar-refractivity contribution in [1.29, 1.82) is 0 Å². The molecule has 0 spiro atoms. The van der Waals surface area contributed by atoms with Gasteiger partial charge in [-0.1, -0.05) is 41.9 Å². The minimum atomic E-state index is -0.313. The molecule has 0 fully saturated rings. The lowest BCUT2D eigenvalue weighted by molar-refractivity contribution is 0.102. The Kier molecular flexibility index (Phi) is 5.00. The number of rotatable bonds is 5. The highest BCUT2D eigenvalue weighted by Gasteiger charge is 2.14. The van der Waals surface area contributed by atoms with Gasteiger partial charge in [-0.05, 0) is 42.0 Å². The molecule has 4 aromatic rings. The van der Waals surface area contributed by atoms with Crippen molar-refractivity contribution in [2.24, 2.45) is 0 Å². The number of hydrogen-bond acceptors (Lipinski definition) is 4. The van der Waals surface area contributed by atoms with Gasteiger partial charge in [0.05, 0.1) is 12.7 Å². The van der Waals surface area contributed by atoms with E-state index in [2.05, 4.69) is 10.3 Å². The molecule has 28 heavy (non-hydrogen) atoms. The number of anilines is 1. The first-order chi connectivity index (χ1) is 13.6. The summed E-state index contributed by atoms with van der Waals surface area (Å²) >= 11 is 6.01. The number of methoxy groups -OCH3 is 1. The molecule has 0 aliphatic heterocycles. The molecule has 6 heteroatoms. The van der Waals surface area contributed by atoms with Crippen molar-refractivity contribution in [1.82, 2.24) is 4.98 Å². The third-order valence-corrected chi connectivity index (χ3v) is 4.53. The SMILES string of the molecule is COc1ccc(Cl)cc1C(=O)Nc1ccc2oc(Cc3ccccc3)nc2c1. The summed E-state index contributed by atoms with van der Waals surface area (Å²) in [5, 5.41) is 3.31. The third-order valence-electron chi connectivity index (χ3n) is 4.29. The van der Waals surface area contributed by atoms with Crippen LogP contribution in [0, 0.1) is 0 Å². The number of carbonyl (C=O) groups is 1. The normalized spacial score (nSPS) is 10.8. The number of benzene rings is 3. The Labute approximate surface area is 166 Å². The van der Waals surface area contributed by atoms with Gasteiger partial charge in [-0.2, -0.15) is 0 Å². The van der Waals surface area contributed by atoms with Crippen LogP contribution >= 0.6 is 11.6 Å². The molecule has 1 N–H and O–H groups in total. The van der Waals surface area contributed by atoms with E-state index in [-0.39, 0.29) is 5.91 Å². The van der Waals surface area contributed by atoms with Crippen LogP contribution in [0.3, 0.4) is 0 Å². The lowest BCUT2D eigenvalue weighted by atomic mass is 10.1. The van der Waals surface area contributed by atoms with Gasteiger partial charge in [0.15, 0.2) is 11.5 Å². The Morgan fingerprint density at radius 3 is 2.71 bits per heavy atom. The van der Waals surface area contributed by atoms with Crippen LogP contribution in [-0.2, 0) is 6.42 Å². The maximum Gasteiger partial charge on any atom is 0.259 e. The molecule has 4 rings (SSSR count). The van der Waals surface area contributed by atoms with E-state index in [4.69, 9.17) is 20.8 Å². The number of halogens is 1. The van der Waals surface area contributed by atoms with Crippen LogP contribution < -0.4 is 10.1 Å². The molecule has 140 valence electrons. The van der Waals surface area contributed by atoms with Gasteiger partial charge in [0.1, 0.15) is 11.3 Å². The van der Waals surface area contributed by atoms with Gasteiger partial charge >= 0.3 is 0 Å². The Hall–Kier alpha value is -3.31. The number of aromatic nitrogens is 1. The molecule has 0 radical (unpaired) electrons. The van der Waals surface area contributed by atoms with Crippen LogP contribution in [0.5, 0.6) is 5.75 Å². The number of ether oxygens (including phenoxy) is 1. The number of oxazole rings is 1. The van der Waals surface area contributed by atoms with E-state index in [9.17, 15) is 4.79 Å². The standard InChI is InChI=1S/C22H17ClN2O3/c1-27-19-9-7-15(23)12-17(19)22(26)24-16-8-10-20-18(13-16)25-21(28-20)11-14-5-3-2-4-6-14/h2-10,12-13H,11H2,1H3,(H,24,26). The summed E-state index contributed by atoms with van der Waals surface area (Å²) in [4.78, 5) is 17.2. The topological polar surface area (TPSA) is 64.4 Å². The highest BCUT2D eigenvalue weighted by atomic mass is 35.5. The largest absolute Gasteiger partial charge is 0.496 e. The van der Waals surface area contributed by atoms with Crippen LogP contribution in [0.25, 0.3) is 11.1 Å². The van der Waals surface area contributed by atoms with E-state index >= 15 is 0 Å². The molecule has 1 aromatic heterocycles. The van der Waals surface area contributed by atoms with Crippen LogP contribution in [-0.4, -0.2) is 18.0 Å². The van der Waals surface area contributed by atoms with E-state index in [1.165, 1.54) is 7.11 Å². The Bertz CT molecular complexity index is 1140. The zero-order valence-electron chi connectivity index (χ0n) is 15.1. The molecule has 0 atom stereocenters. The van der Waals surface area contributed by atoms with Crippen LogP contribution in [0.1, 0.15) is 21.8 Å². The molecule has 1 amide bonds. The smallest absolute Gasteiger partial charge is 0.259 e. The Balaban J connectivity index is 1.56. The number of amides is 1. The minimum Gasteiger partial charge on any atom is -0.496 e. The second-order valence-electron chi connectivity index (χ2n) is 6.25. The first kappa shape index (κ1) is 18.1. The summed E-state index contributed by atoms with van der Waals surface area (Å²) in [6.07, 6.45) is 0.608. The lowest BCUT2D eigenvalue weighted by Gasteiger charge is -2.09. The summed E-state index contributed by atoms with van der Waals surface area (Å²) in [5.41, 5.74) is 3.45. The van der Waals surface area contributed by atoms with Crippen molar-refractivity contribution in [3.63, 3.8) is 0 Å². The number of nitrogens with one attached hydrogen (secondary N) is 1. The molecule has 0 bridgehead atoms. The van der Waals surface area contributed by atoms with Crippen LogP contribution in [0.4, 0.5) is 5.69 Å². The van der Waals surface area contributed by atoms with Gasteiger partial charge in [0, 0.05) is 17.1 Å². The van der Waals surface area contributed by atoms with Gasteiger partial charge in [0.2, 0.25) is 0 Å². The Morgan fingerprint density at radius 1 is 1.11 bits per heavy atom. The summed E-state index contributed by atoms with van der Waals surface area (Å²) in [6, 6.07) is 20.2. The zero-order valence-corrected chi connectivity index (χ0v) is 15.9. The summed E-state index contributed by atoms with van der Waals surface area (Å²) in [6.45, 7) is 0. The molecular weight excluding hydrogens is 376 g/mol. The van der Waals surface area contributed by atoms with Crippen molar-refractivity contribution in [2.75, 3.05) is 12.4 Å². The van der Waals surface area contributed by atoms with Crippen molar-refractivity contribution < 1.29 is 13.9 Å². The molecule has 0 saturated heterocycles. The molecule has 0 unspecified atom stereocenters. The van der Waals surface area contributed by atoms with Crippen LogP contribution in [0.15, 0.2) is 71.1 Å². The second kappa shape index (κ2) is 7.74. The maximum atomic E-state index is 12.6. The predicted octanol–water partition coefficient (Wildman–Crippen LogP) is 5.33. The fraction of sp³-hybridized carbons (Fsp3) is 0.0909. The van der Waals surface area contributed by atoms with Crippen molar-refractivity contribution in [2.45, 2.75) is 6.42 Å². The lowest BCUT2D eigenvalue weighted by Crippen LogP contribution is -2.13. The van der Waals surface area contributed by atoms with Gasteiger partial charge in [-0.3, -0.25) is 4.79 Å². The Morgan fingerprint density at radius 2 is 1.93 bits per heavy atom. The third kappa shape index (κ3) is 3.85. The van der Waals surface area contributed by atoms with Gasteiger partial charge in [0.25, 0.3) is 5.91 Å². The zero-order chi connectivity index (χ0) is 19.5. The van der Waals surface area contributed by atoms with Gasteiger partial charge in [-0.15, -0.1) is 0 Å². The fourth-order valence-corrected chi connectivity index (χ4v) is 3.13. The van der Waals surface area contributed by atoms with Gasteiger partial charge < -0.3 is 14.5 Å². The molecule has 0 aliphatic carbocycles. The predicted molar refractivity (Wildman–Crippen MR) is 109 cm³/mol. The van der Waals surface area contributed by atoms with Crippen LogP contribution in [0.2, 0.25) is 5.02 Å². The fourth-order valence-electron chi connectivity index (χ4n) is 2.96. The first-order valence-corrected chi connectivity index (χ1v) is 9.08. The average molecular weight is 393 g/mol. The second-order valence-corrected chi connectivity index (χ2v) is 6.69. The number of fused-ring (bicyclic) bond motifs is 1.